The van der Waals surface area contributed by atoms with Gasteiger partial charge in [0, 0.05) is 5.56 Å². The van der Waals surface area contributed by atoms with Crippen LogP contribution in [0.1, 0.15) is 28.6 Å². The molecule has 1 unspecified atom stereocenters. The van der Waals surface area contributed by atoms with Gasteiger partial charge in [0.05, 0.1) is 5.56 Å². The Morgan fingerprint density at radius 3 is 2.52 bits per heavy atom. The molecule has 0 saturated heterocycles. The lowest BCUT2D eigenvalue weighted by atomic mass is 10.1. The second kappa shape index (κ2) is 7.85. The highest BCUT2D eigenvalue weighted by molar-refractivity contribution is 7.99. The van der Waals surface area contributed by atoms with Crippen LogP contribution in [0.2, 0.25) is 0 Å². The van der Waals surface area contributed by atoms with E-state index in [9.17, 15) is 4.79 Å². The molecule has 7 heteroatoms. The number of carboxylic acid groups (broad SMARTS) is 1. The number of rotatable bonds is 7. The molecule has 6 nitrogen and oxygen atoms in total. The molecule has 25 heavy (non-hydrogen) atoms. The molecule has 0 aliphatic rings. The summed E-state index contributed by atoms with van der Waals surface area (Å²) in [6, 6.07) is 15.7. The molecule has 1 heterocycles. The number of para-hydroxylation sites is 1. The van der Waals surface area contributed by atoms with Gasteiger partial charge < -0.3 is 14.3 Å². The summed E-state index contributed by atoms with van der Waals surface area (Å²) in [4.78, 5) is 10.9. The summed E-state index contributed by atoms with van der Waals surface area (Å²) in [6.07, 6.45) is 0. The van der Waals surface area contributed by atoms with Crippen LogP contribution in [-0.4, -0.2) is 27.0 Å². The highest BCUT2D eigenvalue weighted by atomic mass is 32.2. The summed E-state index contributed by atoms with van der Waals surface area (Å²) in [5.74, 6) is 1.26. The van der Waals surface area contributed by atoms with Gasteiger partial charge in [0.25, 0.3) is 5.89 Å². The minimum absolute atomic E-state index is 0.204. The average Bonchev–Trinajstić information content (AvgIpc) is 3.12. The van der Waals surface area contributed by atoms with E-state index in [1.54, 1.807) is 23.9 Å². The standard InChI is InChI=1S/C18H16N2O4S/c1-2-25-18(23-14-6-4-3-5-7-14)16-20-19-15(24-16)12-8-10-13(11-9-12)17(21)22/h3-11,18H,2H2,1H3,(H,21,22). The Hall–Kier alpha value is -2.80. The van der Waals surface area contributed by atoms with Crippen molar-refractivity contribution in [1.82, 2.24) is 10.2 Å². The lowest BCUT2D eigenvalue weighted by Gasteiger charge is -2.14. The second-order valence-corrected chi connectivity index (χ2v) is 6.38. The molecule has 0 aliphatic carbocycles. The third kappa shape index (κ3) is 4.19. The number of hydrogen-bond donors (Lipinski definition) is 1. The number of aromatic nitrogens is 2. The first-order valence-corrected chi connectivity index (χ1v) is 8.72. The summed E-state index contributed by atoms with van der Waals surface area (Å²) >= 11 is 1.54. The molecule has 0 saturated carbocycles. The SMILES string of the molecule is CCSC(Oc1ccccc1)c1nnc(-c2ccc(C(=O)O)cc2)o1. The Kier molecular flexibility index (Phi) is 5.35. The van der Waals surface area contributed by atoms with Gasteiger partial charge >= 0.3 is 5.97 Å². The summed E-state index contributed by atoms with van der Waals surface area (Å²) in [7, 11) is 0. The van der Waals surface area contributed by atoms with Crippen molar-refractivity contribution in [3.05, 3.63) is 66.1 Å². The molecule has 0 radical (unpaired) electrons. The van der Waals surface area contributed by atoms with Crippen molar-refractivity contribution in [2.45, 2.75) is 12.4 Å². The minimum atomic E-state index is -0.978. The normalized spacial score (nSPS) is 11.9. The van der Waals surface area contributed by atoms with Gasteiger partial charge in [0.2, 0.25) is 11.3 Å². The van der Waals surface area contributed by atoms with E-state index in [4.69, 9.17) is 14.3 Å². The number of aromatic carboxylic acids is 1. The number of carboxylic acids is 1. The van der Waals surface area contributed by atoms with Crippen molar-refractivity contribution in [3.63, 3.8) is 0 Å². The van der Waals surface area contributed by atoms with E-state index in [0.29, 0.717) is 17.3 Å². The topological polar surface area (TPSA) is 85.5 Å². The summed E-state index contributed by atoms with van der Waals surface area (Å²) < 4.78 is 11.7. The summed E-state index contributed by atoms with van der Waals surface area (Å²) in [5, 5.41) is 17.1. The molecule has 128 valence electrons. The number of ether oxygens (including phenoxy) is 1. The Morgan fingerprint density at radius 2 is 1.88 bits per heavy atom. The van der Waals surface area contributed by atoms with Crippen LogP contribution in [0.25, 0.3) is 11.5 Å². The van der Waals surface area contributed by atoms with E-state index < -0.39 is 11.4 Å². The van der Waals surface area contributed by atoms with Gasteiger partial charge in [0.15, 0.2) is 0 Å². The van der Waals surface area contributed by atoms with Crippen LogP contribution < -0.4 is 4.74 Å². The maximum atomic E-state index is 10.9. The van der Waals surface area contributed by atoms with E-state index in [1.807, 2.05) is 37.3 Å². The van der Waals surface area contributed by atoms with E-state index in [0.717, 1.165) is 11.5 Å². The first kappa shape index (κ1) is 17.0. The highest BCUT2D eigenvalue weighted by Crippen LogP contribution is 2.32. The quantitative estimate of drug-likeness (QED) is 0.633. The summed E-state index contributed by atoms with van der Waals surface area (Å²) in [6.45, 7) is 2.02. The van der Waals surface area contributed by atoms with Crippen LogP contribution in [0.3, 0.4) is 0 Å². The molecule has 2 aromatic carbocycles. The smallest absolute Gasteiger partial charge is 0.335 e. The Bertz CT molecular complexity index is 834. The number of carbonyl (C=O) groups is 1. The van der Waals surface area contributed by atoms with E-state index >= 15 is 0 Å². The molecule has 0 aliphatic heterocycles. The molecule has 1 N–H and O–H groups in total. The van der Waals surface area contributed by atoms with Crippen LogP contribution in [-0.2, 0) is 0 Å². The van der Waals surface area contributed by atoms with Gasteiger partial charge in [-0.2, -0.15) is 0 Å². The highest BCUT2D eigenvalue weighted by Gasteiger charge is 2.21. The predicted octanol–water partition coefficient (Wildman–Crippen LogP) is 4.27. The molecule has 0 spiro atoms. The van der Waals surface area contributed by atoms with E-state index in [-0.39, 0.29) is 5.56 Å². The first-order chi connectivity index (χ1) is 12.2. The maximum Gasteiger partial charge on any atom is 0.335 e. The number of thioether (sulfide) groups is 1. The zero-order valence-corrected chi connectivity index (χ0v) is 14.3. The van der Waals surface area contributed by atoms with Crippen LogP contribution in [0.5, 0.6) is 5.75 Å². The lowest BCUT2D eigenvalue weighted by molar-refractivity contribution is 0.0697. The zero-order chi connectivity index (χ0) is 17.6. The van der Waals surface area contributed by atoms with Gasteiger partial charge in [-0.1, -0.05) is 25.1 Å². The van der Waals surface area contributed by atoms with Crippen LogP contribution in [0.15, 0.2) is 59.0 Å². The Morgan fingerprint density at radius 1 is 1.16 bits per heavy atom. The fourth-order valence-corrected chi connectivity index (χ4v) is 2.85. The lowest BCUT2D eigenvalue weighted by Crippen LogP contribution is -2.04. The molecule has 0 amide bonds. The minimum Gasteiger partial charge on any atom is -0.478 e. The third-order valence-electron chi connectivity index (χ3n) is 3.33. The molecular weight excluding hydrogens is 340 g/mol. The first-order valence-electron chi connectivity index (χ1n) is 7.68. The van der Waals surface area contributed by atoms with Crippen molar-refractivity contribution < 1.29 is 19.1 Å². The molecule has 1 atom stereocenters. The molecule has 3 rings (SSSR count). The van der Waals surface area contributed by atoms with Gasteiger partial charge in [-0.15, -0.1) is 22.0 Å². The fraction of sp³-hybridized carbons (Fsp3) is 0.167. The summed E-state index contributed by atoms with van der Waals surface area (Å²) in [5.41, 5.74) is 0.450. The maximum absolute atomic E-state index is 10.9. The van der Waals surface area contributed by atoms with Crippen molar-refractivity contribution in [3.8, 4) is 17.2 Å². The van der Waals surface area contributed by atoms with Gasteiger partial charge in [-0.25, -0.2) is 4.79 Å². The molecule has 1 aromatic heterocycles. The van der Waals surface area contributed by atoms with Crippen molar-refractivity contribution >= 4 is 17.7 Å². The monoisotopic (exact) mass is 356 g/mol. The molecular formula is C18H16N2O4S. The number of hydrogen-bond acceptors (Lipinski definition) is 6. The second-order valence-electron chi connectivity index (χ2n) is 5.05. The number of nitrogens with zero attached hydrogens (tertiary/aromatic N) is 2. The van der Waals surface area contributed by atoms with Crippen molar-refractivity contribution in [1.29, 1.82) is 0 Å². The Labute approximate surface area is 148 Å². The average molecular weight is 356 g/mol. The van der Waals surface area contributed by atoms with Gasteiger partial charge in [-0.3, -0.25) is 0 Å². The molecule has 0 fully saturated rings. The van der Waals surface area contributed by atoms with Crippen molar-refractivity contribution in [2.75, 3.05) is 5.75 Å². The van der Waals surface area contributed by atoms with E-state index in [1.165, 1.54) is 12.1 Å². The van der Waals surface area contributed by atoms with Crippen LogP contribution in [0, 0.1) is 0 Å². The third-order valence-corrected chi connectivity index (χ3v) is 4.26. The Balaban J connectivity index is 1.81. The fourth-order valence-electron chi connectivity index (χ4n) is 2.13. The zero-order valence-electron chi connectivity index (χ0n) is 13.5. The predicted molar refractivity (Wildman–Crippen MR) is 94.6 cm³/mol. The largest absolute Gasteiger partial charge is 0.478 e. The van der Waals surface area contributed by atoms with Crippen molar-refractivity contribution in [2.24, 2.45) is 0 Å². The van der Waals surface area contributed by atoms with Gasteiger partial charge in [-0.05, 0) is 42.2 Å². The molecule has 0 bridgehead atoms. The van der Waals surface area contributed by atoms with E-state index in [2.05, 4.69) is 10.2 Å². The number of benzene rings is 2. The van der Waals surface area contributed by atoms with Crippen LogP contribution >= 0.6 is 11.8 Å². The van der Waals surface area contributed by atoms with Crippen LogP contribution in [0.4, 0.5) is 0 Å². The molecule has 3 aromatic rings. The van der Waals surface area contributed by atoms with Gasteiger partial charge in [0.1, 0.15) is 5.75 Å².